The van der Waals surface area contributed by atoms with E-state index in [1.165, 1.54) is 11.1 Å². The molecule has 3 heteroatoms. The lowest BCUT2D eigenvalue weighted by molar-refractivity contribution is -0.120. The molecule has 0 aromatic heterocycles. The highest BCUT2D eigenvalue weighted by Crippen LogP contribution is 2.05. The average Bonchev–Trinajstić information content (AvgIpc) is 2.54. The molecule has 2 rings (SSSR count). The summed E-state index contributed by atoms with van der Waals surface area (Å²) >= 11 is 0. The molecule has 0 heterocycles. The van der Waals surface area contributed by atoms with Gasteiger partial charge in [0.15, 0.2) is 0 Å². The molecule has 0 radical (unpaired) electrons. The van der Waals surface area contributed by atoms with E-state index in [4.69, 9.17) is 0 Å². The molecule has 1 amide bonds. The van der Waals surface area contributed by atoms with Crippen LogP contribution in [0.1, 0.15) is 30.0 Å². The molecule has 0 atom stereocenters. The van der Waals surface area contributed by atoms with Gasteiger partial charge in [-0.1, -0.05) is 67.1 Å². The fourth-order valence-corrected chi connectivity index (χ4v) is 2.15. The van der Waals surface area contributed by atoms with E-state index in [1.807, 2.05) is 56.3 Å². The van der Waals surface area contributed by atoms with Gasteiger partial charge in [-0.15, -0.1) is 0 Å². The fraction of sp³-hybridized carbons (Fsp3) is 0.263. The molecule has 0 saturated heterocycles. The number of nitrogens with one attached hydrogen (secondary N) is 1. The zero-order chi connectivity index (χ0) is 15.8. The number of hydrogen-bond acceptors (Lipinski definition) is 2. The molecule has 0 bridgehead atoms. The normalized spacial score (nSPS) is 11.3. The maximum atomic E-state index is 12.0. The standard InChI is InChI=1S/C19H22N2O/c1-3-18(13-16-7-5-4-6-8-16)20-21-19(22)14-17-11-9-15(2)10-12-17/h4-12H,3,13-14H2,1-2H3,(H,21,22). The summed E-state index contributed by atoms with van der Waals surface area (Å²) in [4.78, 5) is 12.0. The Bertz CT molecular complexity index is 630. The lowest BCUT2D eigenvalue weighted by Crippen LogP contribution is -2.22. The summed E-state index contributed by atoms with van der Waals surface area (Å²) in [6.45, 7) is 4.08. The van der Waals surface area contributed by atoms with E-state index in [9.17, 15) is 4.79 Å². The van der Waals surface area contributed by atoms with Gasteiger partial charge in [0.1, 0.15) is 0 Å². The molecule has 0 spiro atoms. The van der Waals surface area contributed by atoms with Crippen LogP contribution in [0.5, 0.6) is 0 Å². The Hall–Kier alpha value is -2.42. The molecule has 0 aliphatic carbocycles. The summed E-state index contributed by atoms with van der Waals surface area (Å²) in [7, 11) is 0. The van der Waals surface area contributed by atoms with E-state index in [-0.39, 0.29) is 5.91 Å². The van der Waals surface area contributed by atoms with Gasteiger partial charge in [0, 0.05) is 12.1 Å². The van der Waals surface area contributed by atoms with E-state index in [2.05, 4.69) is 22.7 Å². The first-order valence-corrected chi connectivity index (χ1v) is 7.61. The molecular weight excluding hydrogens is 272 g/mol. The first-order chi connectivity index (χ1) is 10.7. The first kappa shape index (κ1) is 16.0. The van der Waals surface area contributed by atoms with Crippen LogP contribution in [0.25, 0.3) is 0 Å². The van der Waals surface area contributed by atoms with Crippen LogP contribution in [0.15, 0.2) is 59.7 Å². The monoisotopic (exact) mass is 294 g/mol. The molecule has 0 aliphatic rings. The Morgan fingerprint density at radius 1 is 0.955 bits per heavy atom. The number of nitrogens with zero attached hydrogens (tertiary/aromatic N) is 1. The fourth-order valence-electron chi connectivity index (χ4n) is 2.15. The largest absolute Gasteiger partial charge is 0.273 e. The predicted octanol–water partition coefficient (Wildman–Crippen LogP) is 3.66. The third-order valence-electron chi connectivity index (χ3n) is 3.48. The van der Waals surface area contributed by atoms with Crippen molar-refractivity contribution in [3.05, 3.63) is 71.3 Å². The van der Waals surface area contributed by atoms with E-state index in [0.29, 0.717) is 6.42 Å². The number of hydrazone groups is 1. The summed E-state index contributed by atoms with van der Waals surface area (Å²) in [5.41, 5.74) is 7.04. The van der Waals surface area contributed by atoms with Crippen LogP contribution in [0.3, 0.4) is 0 Å². The van der Waals surface area contributed by atoms with Gasteiger partial charge < -0.3 is 0 Å². The quantitative estimate of drug-likeness (QED) is 0.641. The summed E-state index contributed by atoms with van der Waals surface area (Å²) in [6, 6.07) is 18.1. The highest BCUT2D eigenvalue weighted by molar-refractivity contribution is 5.88. The second-order valence-corrected chi connectivity index (χ2v) is 5.39. The Morgan fingerprint density at radius 2 is 1.59 bits per heavy atom. The van der Waals surface area contributed by atoms with Crippen LogP contribution in [-0.4, -0.2) is 11.6 Å². The lowest BCUT2D eigenvalue weighted by atomic mass is 10.1. The minimum absolute atomic E-state index is 0.0807. The third-order valence-corrected chi connectivity index (χ3v) is 3.48. The van der Waals surface area contributed by atoms with Gasteiger partial charge >= 0.3 is 0 Å². The molecule has 0 saturated carbocycles. The van der Waals surface area contributed by atoms with E-state index >= 15 is 0 Å². The Morgan fingerprint density at radius 3 is 2.23 bits per heavy atom. The van der Waals surface area contributed by atoms with Gasteiger partial charge in [-0.05, 0) is 24.5 Å². The van der Waals surface area contributed by atoms with E-state index in [1.54, 1.807) is 0 Å². The Balaban J connectivity index is 1.90. The summed E-state index contributed by atoms with van der Waals surface area (Å²) in [5, 5.41) is 4.27. The maximum Gasteiger partial charge on any atom is 0.244 e. The van der Waals surface area contributed by atoms with Crippen molar-refractivity contribution in [1.82, 2.24) is 5.43 Å². The molecule has 1 N–H and O–H groups in total. The first-order valence-electron chi connectivity index (χ1n) is 7.61. The molecule has 3 nitrogen and oxygen atoms in total. The van der Waals surface area contributed by atoms with Gasteiger partial charge in [-0.25, -0.2) is 5.43 Å². The lowest BCUT2D eigenvalue weighted by Gasteiger charge is -2.06. The Labute approximate surface area is 132 Å². The smallest absolute Gasteiger partial charge is 0.244 e. The number of hydrogen-bond donors (Lipinski definition) is 1. The van der Waals surface area contributed by atoms with Gasteiger partial charge in [0.2, 0.25) is 5.91 Å². The zero-order valence-corrected chi connectivity index (χ0v) is 13.2. The van der Waals surface area contributed by atoms with Gasteiger partial charge in [-0.2, -0.15) is 5.10 Å². The Kier molecular flexibility index (Phi) is 5.90. The summed E-state index contributed by atoms with van der Waals surface area (Å²) in [5.74, 6) is -0.0807. The molecule has 2 aromatic rings. The van der Waals surface area contributed by atoms with Crippen molar-refractivity contribution in [2.24, 2.45) is 5.10 Å². The van der Waals surface area contributed by atoms with Crippen molar-refractivity contribution in [2.45, 2.75) is 33.1 Å². The second-order valence-electron chi connectivity index (χ2n) is 5.39. The maximum absolute atomic E-state index is 12.0. The molecular formula is C19H22N2O. The minimum atomic E-state index is -0.0807. The van der Waals surface area contributed by atoms with Crippen molar-refractivity contribution in [3.63, 3.8) is 0 Å². The number of rotatable bonds is 6. The van der Waals surface area contributed by atoms with Gasteiger partial charge in [0.05, 0.1) is 6.42 Å². The molecule has 0 unspecified atom stereocenters. The summed E-state index contributed by atoms with van der Waals surface area (Å²) < 4.78 is 0. The summed E-state index contributed by atoms with van der Waals surface area (Å²) in [6.07, 6.45) is 1.94. The third kappa shape index (κ3) is 5.17. The highest BCUT2D eigenvalue weighted by atomic mass is 16.2. The van der Waals surface area contributed by atoms with Crippen molar-refractivity contribution < 1.29 is 4.79 Å². The SMILES string of the molecule is CCC(Cc1ccccc1)=NNC(=O)Cc1ccc(C)cc1. The average molecular weight is 294 g/mol. The molecule has 22 heavy (non-hydrogen) atoms. The van der Waals surface area contributed by atoms with E-state index in [0.717, 1.165) is 24.1 Å². The van der Waals surface area contributed by atoms with Crippen molar-refractivity contribution in [3.8, 4) is 0 Å². The molecule has 114 valence electrons. The molecule has 0 fully saturated rings. The van der Waals surface area contributed by atoms with Crippen LogP contribution in [0.4, 0.5) is 0 Å². The minimum Gasteiger partial charge on any atom is -0.273 e. The topological polar surface area (TPSA) is 41.5 Å². The number of carbonyl (C=O) groups is 1. The molecule has 0 aliphatic heterocycles. The van der Waals surface area contributed by atoms with Crippen LogP contribution >= 0.6 is 0 Å². The van der Waals surface area contributed by atoms with Crippen LogP contribution in [0.2, 0.25) is 0 Å². The van der Waals surface area contributed by atoms with Crippen molar-refractivity contribution in [1.29, 1.82) is 0 Å². The van der Waals surface area contributed by atoms with Crippen LogP contribution in [0, 0.1) is 6.92 Å². The zero-order valence-electron chi connectivity index (χ0n) is 13.2. The predicted molar refractivity (Wildman–Crippen MR) is 90.9 cm³/mol. The number of amides is 1. The van der Waals surface area contributed by atoms with Crippen molar-refractivity contribution >= 4 is 11.6 Å². The second kappa shape index (κ2) is 8.13. The number of aryl methyl sites for hydroxylation is 1. The van der Waals surface area contributed by atoms with E-state index < -0.39 is 0 Å². The highest BCUT2D eigenvalue weighted by Gasteiger charge is 2.04. The van der Waals surface area contributed by atoms with Crippen LogP contribution < -0.4 is 5.43 Å². The van der Waals surface area contributed by atoms with Gasteiger partial charge in [0.25, 0.3) is 0 Å². The number of benzene rings is 2. The van der Waals surface area contributed by atoms with Crippen molar-refractivity contribution in [2.75, 3.05) is 0 Å². The van der Waals surface area contributed by atoms with Gasteiger partial charge in [-0.3, -0.25) is 4.79 Å². The number of carbonyl (C=O) groups excluding carboxylic acids is 1. The molecule has 2 aromatic carbocycles. The van der Waals surface area contributed by atoms with Crippen LogP contribution in [-0.2, 0) is 17.6 Å².